The largest absolute Gasteiger partial charge is 0.352 e. The zero-order valence-corrected chi connectivity index (χ0v) is 12.9. The summed E-state index contributed by atoms with van der Waals surface area (Å²) in [5, 5.41) is 9.08. The number of amides is 2. The van der Waals surface area contributed by atoms with Crippen molar-refractivity contribution >= 4 is 17.5 Å². The van der Waals surface area contributed by atoms with E-state index in [1.165, 1.54) is 0 Å². The smallest absolute Gasteiger partial charge is 0.253 e. The van der Waals surface area contributed by atoms with Gasteiger partial charge in [-0.25, -0.2) is 0 Å². The van der Waals surface area contributed by atoms with E-state index < -0.39 is 0 Å². The molecule has 1 aromatic carbocycles. The Hall–Kier alpha value is -1.88. The molecule has 3 rings (SSSR count). The van der Waals surface area contributed by atoms with E-state index in [0.717, 1.165) is 32.4 Å². The maximum atomic E-state index is 12.5. The minimum atomic E-state index is -0.147. The van der Waals surface area contributed by atoms with Gasteiger partial charge in [-0.2, -0.15) is 0 Å². The van der Waals surface area contributed by atoms with Gasteiger partial charge in [0.25, 0.3) is 5.91 Å². The third-order valence-corrected chi connectivity index (χ3v) is 4.87. The molecule has 3 N–H and O–H groups in total. The Balaban J connectivity index is 1.69. The van der Waals surface area contributed by atoms with E-state index >= 15 is 0 Å². The summed E-state index contributed by atoms with van der Waals surface area (Å²) in [6, 6.07) is 7.19. The van der Waals surface area contributed by atoms with Crippen molar-refractivity contribution in [3.05, 3.63) is 29.8 Å². The van der Waals surface area contributed by atoms with Crippen molar-refractivity contribution in [2.75, 3.05) is 25.0 Å². The van der Waals surface area contributed by atoms with Gasteiger partial charge >= 0.3 is 0 Å². The highest BCUT2D eigenvalue weighted by molar-refractivity contribution is 6.04. The Morgan fingerprint density at radius 3 is 2.73 bits per heavy atom. The summed E-state index contributed by atoms with van der Waals surface area (Å²) in [5.41, 5.74) is 1.34. The molecule has 0 bridgehead atoms. The fourth-order valence-corrected chi connectivity index (χ4v) is 3.46. The molecule has 1 saturated carbocycles. The predicted octanol–water partition coefficient (Wildman–Crippen LogP) is 1.76. The van der Waals surface area contributed by atoms with Crippen molar-refractivity contribution in [3.8, 4) is 0 Å². The Labute approximate surface area is 130 Å². The van der Waals surface area contributed by atoms with Crippen LogP contribution in [0.25, 0.3) is 0 Å². The predicted molar refractivity (Wildman–Crippen MR) is 85.7 cm³/mol. The highest BCUT2D eigenvalue weighted by Gasteiger charge is 2.57. The molecule has 118 valence electrons. The number of anilines is 1. The summed E-state index contributed by atoms with van der Waals surface area (Å²) in [7, 11) is 0. The van der Waals surface area contributed by atoms with Gasteiger partial charge in [-0.05, 0) is 56.8 Å². The van der Waals surface area contributed by atoms with Crippen LogP contribution < -0.4 is 16.0 Å². The molecule has 0 radical (unpaired) electrons. The standard InChI is InChI=1S/C17H23N3O2/c1-2-19-15(21)12-5-3-4-6-14(12)20-16(22)13-11-17(13)7-9-18-10-8-17/h3-6,13,18H,2,7-11H2,1H3,(H,19,21)(H,20,22). The Morgan fingerprint density at radius 2 is 2.00 bits per heavy atom. The molecule has 1 atom stereocenters. The lowest BCUT2D eigenvalue weighted by molar-refractivity contribution is -0.118. The lowest BCUT2D eigenvalue weighted by Crippen LogP contribution is -2.32. The normalized spacial score (nSPS) is 22.1. The van der Waals surface area contributed by atoms with Crippen LogP contribution in [-0.4, -0.2) is 31.4 Å². The summed E-state index contributed by atoms with van der Waals surface area (Å²) in [6.45, 7) is 4.45. The Morgan fingerprint density at radius 1 is 1.27 bits per heavy atom. The van der Waals surface area contributed by atoms with Crippen LogP contribution in [0.4, 0.5) is 5.69 Å². The SMILES string of the molecule is CCNC(=O)c1ccccc1NC(=O)C1CC12CCNCC2. The van der Waals surface area contributed by atoms with Gasteiger partial charge in [0.05, 0.1) is 11.3 Å². The summed E-state index contributed by atoms with van der Waals surface area (Å²) in [4.78, 5) is 24.6. The first-order chi connectivity index (χ1) is 10.7. The van der Waals surface area contributed by atoms with E-state index in [0.29, 0.717) is 17.8 Å². The van der Waals surface area contributed by atoms with Crippen LogP contribution in [0.2, 0.25) is 0 Å². The molecule has 2 aliphatic rings. The Bertz CT molecular complexity index is 579. The first-order valence-electron chi connectivity index (χ1n) is 8.05. The van der Waals surface area contributed by atoms with Gasteiger partial charge in [0.1, 0.15) is 0 Å². The molecule has 5 heteroatoms. The van der Waals surface area contributed by atoms with Crippen molar-refractivity contribution in [2.45, 2.75) is 26.2 Å². The van der Waals surface area contributed by atoms with Gasteiger partial charge in [-0.15, -0.1) is 0 Å². The lowest BCUT2D eigenvalue weighted by Gasteiger charge is -2.23. The number of piperidine rings is 1. The minimum absolute atomic E-state index is 0.0543. The van der Waals surface area contributed by atoms with Crippen molar-refractivity contribution in [1.82, 2.24) is 10.6 Å². The maximum absolute atomic E-state index is 12.5. The minimum Gasteiger partial charge on any atom is -0.352 e. The van der Waals surface area contributed by atoms with E-state index in [1.54, 1.807) is 12.1 Å². The second kappa shape index (κ2) is 6.08. The van der Waals surface area contributed by atoms with Crippen molar-refractivity contribution in [3.63, 3.8) is 0 Å². The van der Waals surface area contributed by atoms with Gasteiger partial charge < -0.3 is 16.0 Å². The van der Waals surface area contributed by atoms with E-state index in [-0.39, 0.29) is 23.1 Å². The van der Waals surface area contributed by atoms with Crippen LogP contribution in [0.1, 0.15) is 36.5 Å². The first-order valence-corrected chi connectivity index (χ1v) is 8.05. The maximum Gasteiger partial charge on any atom is 0.253 e. The topological polar surface area (TPSA) is 70.2 Å². The summed E-state index contributed by atoms with van der Waals surface area (Å²) in [6.07, 6.45) is 3.12. The third-order valence-electron chi connectivity index (χ3n) is 4.87. The van der Waals surface area contributed by atoms with Gasteiger partial charge in [0, 0.05) is 12.5 Å². The molecule has 5 nitrogen and oxygen atoms in total. The van der Waals surface area contributed by atoms with Gasteiger partial charge in [0.2, 0.25) is 5.91 Å². The number of rotatable bonds is 4. The zero-order chi connectivity index (χ0) is 15.6. The number of benzene rings is 1. The molecule has 1 aromatic rings. The van der Waals surface area contributed by atoms with Crippen LogP contribution in [0.3, 0.4) is 0 Å². The van der Waals surface area contributed by atoms with Crippen LogP contribution in [-0.2, 0) is 4.79 Å². The van der Waals surface area contributed by atoms with Gasteiger partial charge in [-0.1, -0.05) is 12.1 Å². The van der Waals surface area contributed by atoms with Crippen molar-refractivity contribution < 1.29 is 9.59 Å². The number of para-hydroxylation sites is 1. The van der Waals surface area contributed by atoms with E-state index in [1.807, 2.05) is 19.1 Å². The molecular formula is C17H23N3O2. The van der Waals surface area contributed by atoms with Gasteiger partial charge in [0.15, 0.2) is 0 Å². The summed E-state index contributed by atoms with van der Waals surface area (Å²) < 4.78 is 0. The zero-order valence-electron chi connectivity index (χ0n) is 12.9. The number of hydrogen-bond acceptors (Lipinski definition) is 3. The second-order valence-corrected chi connectivity index (χ2v) is 6.26. The fourth-order valence-electron chi connectivity index (χ4n) is 3.46. The monoisotopic (exact) mass is 301 g/mol. The van der Waals surface area contributed by atoms with Gasteiger partial charge in [-0.3, -0.25) is 9.59 Å². The highest BCUT2D eigenvalue weighted by atomic mass is 16.2. The van der Waals surface area contributed by atoms with E-state index in [4.69, 9.17) is 0 Å². The molecule has 1 aliphatic heterocycles. The molecule has 1 spiro atoms. The lowest BCUT2D eigenvalue weighted by atomic mass is 9.91. The quantitative estimate of drug-likeness (QED) is 0.794. The van der Waals surface area contributed by atoms with Crippen molar-refractivity contribution in [1.29, 1.82) is 0 Å². The molecule has 1 heterocycles. The number of nitrogens with one attached hydrogen (secondary N) is 3. The molecular weight excluding hydrogens is 278 g/mol. The summed E-state index contributed by atoms with van der Waals surface area (Å²) in [5.74, 6) is 0.00122. The molecule has 22 heavy (non-hydrogen) atoms. The molecule has 1 aliphatic carbocycles. The van der Waals surface area contributed by atoms with Crippen molar-refractivity contribution in [2.24, 2.45) is 11.3 Å². The molecule has 2 amide bonds. The molecule has 2 fully saturated rings. The van der Waals surface area contributed by atoms with Crippen LogP contribution in [0, 0.1) is 11.3 Å². The summed E-state index contributed by atoms with van der Waals surface area (Å²) >= 11 is 0. The second-order valence-electron chi connectivity index (χ2n) is 6.26. The molecule has 0 aromatic heterocycles. The number of hydrogen-bond donors (Lipinski definition) is 3. The fraction of sp³-hybridized carbons (Fsp3) is 0.529. The van der Waals surface area contributed by atoms with E-state index in [2.05, 4.69) is 16.0 Å². The van der Waals surface area contributed by atoms with Crippen LogP contribution >= 0.6 is 0 Å². The number of carbonyl (C=O) groups excluding carboxylic acids is 2. The molecule has 1 unspecified atom stereocenters. The number of carbonyl (C=O) groups is 2. The van der Waals surface area contributed by atoms with E-state index in [9.17, 15) is 9.59 Å². The average Bonchev–Trinajstić information content (AvgIpc) is 3.22. The average molecular weight is 301 g/mol. The highest BCUT2D eigenvalue weighted by Crippen LogP contribution is 2.58. The Kier molecular flexibility index (Phi) is 4.16. The molecule has 1 saturated heterocycles. The van der Waals surface area contributed by atoms with Crippen LogP contribution in [0.5, 0.6) is 0 Å². The third kappa shape index (κ3) is 2.86. The first kappa shape index (κ1) is 15.0. The van der Waals surface area contributed by atoms with Crippen LogP contribution in [0.15, 0.2) is 24.3 Å².